The van der Waals surface area contributed by atoms with Gasteiger partial charge in [0.1, 0.15) is 16.5 Å². The molecule has 162 valence electrons. The average molecular weight is 450 g/mol. The van der Waals surface area contributed by atoms with Crippen molar-refractivity contribution < 1.29 is 18.8 Å². The van der Waals surface area contributed by atoms with E-state index in [4.69, 9.17) is 16.0 Å². The second kappa shape index (κ2) is 8.72. The Bertz CT molecular complexity index is 1230. The molecule has 1 aromatic heterocycles. The first-order chi connectivity index (χ1) is 15.3. The second-order valence-corrected chi connectivity index (χ2v) is 7.76. The molecule has 0 saturated heterocycles. The molecule has 0 aliphatic carbocycles. The van der Waals surface area contributed by atoms with Crippen molar-refractivity contribution in [1.82, 2.24) is 5.32 Å². The van der Waals surface area contributed by atoms with Crippen LogP contribution in [0.4, 0.5) is 11.4 Å². The molecule has 3 aromatic rings. The van der Waals surface area contributed by atoms with Crippen molar-refractivity contribution in [3.63, 3.8) is 0 Å². The van der Waals surface area contributed by atoms with Gasteiger partial charge in [-0.3, -0.25) is 14.4 Å². The molecule has 8 heteroatoms. The normalized spacial score (nSPS) is 13.7. The van der Waals surface area contributed by atoms with Crippen LogP contribution in [0.1, 0.15) is 27.2 Å². The number of hydrogen-bond acceptors (Lipinski definition) is 5. The highest BCUT2D eigenvalue weighted by atomic mass is 35.5. The molecule has 0 radical (unpaired) electrons. The molecule has 1 aliphatic heterocycles. The van der Waals surface area contributed by atoms with Crippen LogP contribution in [0.2, 0.25) is 0 Å². The van der Waals surface area contributed by atoms with Crippen LogP contribution in [0.5, 0.6) is 0 Å². The molecule has 0 spiro atoms. The summed E-state index contributed by atoms with van der Waals surface area (Å²) >= 11 is 6.23. The molecule has 0 unspecified atom stereocenters. The van der Waals surface area contributed by atoms with E-state index in [9.17, 15) is 14.4 Å². The van der Waals surface area contributed by atoms with Crippen molar-refractivity contribution in [2.75, 3.05) is 10.2 Å². The Morgan fingerprint density at radius 2 is 1.78 bits per heavy atom. The minimum atomic E-state index is -0.604. The molecule has 2 N–H and O–H groups in total. The van der Waals surface area contributed by atoms with Gasteiger partial charge in [-0.05, 0) is 55.8 Å². The van der Waals surface area contributed by atoms with Crippen LogP contribution in [0.3, 0.4) is 0 Å². The van der Waals surface area contributed by atoms with Crippen LogP contribution >= 0.6 is 11.6 Å². The molecule has 7 nitrogen and oxygen atoms in total. The number of carbonyl (C=O) groups is 3. The number of nitrogens with zero attached hydrogens (tertiary/aromatic N) is 1. The Balaban J connectivity index is 1.54. The molecule has 4 rings (SSSR count). The summed E-state index contributed by atoms with van der Waals surface area (Å²) in [6.45, 7) is 3.98. The Kier molecular flexibility index (Phi) is 5.83. The molecule has 0 saturated carbocycles. The molecule has 2 heterocycles. The number of anilines is 2. The number of imide groups is 1. The number of rotatable bonds is 6. The molecular formula is C24H20ClN3O4. The maximum atomic E-state index is 13.0. The van der Waals surface area contributed by atoms with Crippen LogP contribution in [0.15, 0.2) is 76.0 Å². The van der Waals surface area contributed by atoms with Crippen molar-refractivity contribution in [2.24, 2.45) is 0 Å². The Morgan fingerprint density at radius 1 is 1.03 bits per heavy atom. The number of hydrogen-bond donors (Lipinski definition) is 2. The highest BCUT2D eigenvalue weighted by Crippen LogP contribution is 2.31. The van der Waals surface area contributed by atoms with Crippen molar-refractivity contribution in [3.05, 3.63) is 94.0 Å². The SMILES string of the molecule is Cc1ccc(N2C(=O)C(Cl)=C(Nc3cc(C(=O)NCc4ccco4)ccc3C)C2=O)cc1. The Morgan fingerprint density at radius 3 is 2.47 bits per heavy atom. The fraction of sp³-hybridized carbons (Fsp3) is 0.125. The van der Waals surface area contributed by atoms with Crippen molar-refractivity contribution in [3.8, 4) is 0 Å². The number of halogens is 1. The zero-order chi connectivity index (χ0) is 22.8. The van der Waals surface area contributed by atoms with Gasteiger partial charge in [0.25, 0.3) is 17.7 Å². The monoisotopic (exact) mass is 449 g/mol. The molecular weight excluding hydrogens is 430 g/mol. The van der Waals surface area contributed by atoms with E-state index in [2.05, 4.69) is 10.6 Å². The number of carbonyl (C=O) groups excluding carboxylic acids is 3. The van der Waals surface area contributed by atoms with Crippen LogP contribution in [0.25, 0.3) is 0 Å². The molecule has 0 atom stereocenters. The predicted molar refractivity (Wildman–Crippen MR) is 121 cm³/mol. The number of aryl methyl sites for hydroxylation is 2. The Labute approximate surface area is 189 Å². The van der Waals surface area contributed by atoms with Crippen LogP contribution in [-0.4, -0.2) is 17.7 Å². The number of amides is 3. The minimum absolute atomic E-state index is 0.0338. The van der Waals surface area contributed by atoms with Crippen molar-refractivity contribution in [2.45, 2.75) is 20.4 Å². The largest absolute Gasteiger partial charge is 0.467 e. The summed E-state index contributed by atoms with van der Waals surface area (Å²) in [6, 6.07) is 15.5. The van der Waals surface area contributed by atoms with E-state index < -0.39 is 11.8 Å². The van der Waals surface area contributed by atoms with Gasteiger partial charge in [0, 0.05) is 11.3 Å². The first-order valence-corrected chi connectivity index (χ1v) is 10.3. The van der Waals surface area contributed by atoms with Gasteiger partial charge in [-0.25, -0.2) is 4.90 Å². The standard InChI is InChI=1S/C24H20ClN3O4/c1-14-5-9-17(10-6-14)28-23(30)20(25)21(24(28)31)27-19-12-16(8-7-15(19)2)22(29)26-13-18-4-3-11-32-18/h3-12,27H,13H2,1-2H3,(H,26,29). The van der Waals surface area contributed by atoms with Gasteiger partial charge < -0.3 is 15.1 Å². The summed E-state index contributed by atoms with van der Waals surface area (Å²) in [5.41, 5.74) is 3.06. The molecule has 3 amide bonds. The third-order valence-corrected chi connectivity index (χ3v) is 5.43. The second-order valence-electron chi connectivity index (χ2n) is 7.39. The topological polar surface area (TPSA) is 91.7 Å². The lowest BCUT2D eigenvalue weighted by atomic mass is 10.1. The van der Waals surface area contributed by atoms with E-state index in [0.29, 0.717) is 22.7 Å². The van der Waals surface area contributed by atoms with Gasteiger partial charge in [0.15, 0.2) is 0 Å². The van der Waals surface area contributed by atoms with Gasteiger partial charge in [-0.1, -0.05) is 35.4 Å². The summed E-state index contributed by atoms with van der Waals surface area (Å²) in [7, 11) is 0. The van der Waals surface area contributed by atoms with Gasteiger partial charge >= 0.3 is 0 Å². The lowest BCUT2D eigenvalue weighted by Gasteiger charge is -2.16. The third-order valence-electron chi connectivity index (χ3n) is 5.08. The van der Waals surface area contributed by atoms with Gasteiger partial charge in [0.05, 0.1) is 18.5 Å². The van der Waals surface area contributed by atoms with E-state index in [1.807, 2.05) is 26.0 Å². The number of nitrogens with one attached hydrogen (secondary N) is 2. The highest BCUT2D eigenvalue weighted by molar-refractivity contribution is 6.53. The number of furan rings is 1. The number of benzene rings is 2. The predicted octanol–water partition coefficient (Wildman–Crippen LogP) is 4.26. The maximum Gasteiger partial charge on any atom is 0.283 e. The van der Waals surface area contributed by atoms with Crippen LogP contribution in [-0.2, 0) is 16.1 Å². The summed E-state index contributed by atoms with van der Waals surface area (Å²) in [5, 5.41) is 5.52. The molecule has 2 aromatic carbocycles. The first kappa shape index (κ1) is 21.4. The first-order valence-electron chi connectivity index (χ1n) is 9.88. The fourth-order valence-electron chi connectivity index (χ4n) is 3.25. The zero-order valence-corrected chi connectivity index (χ0v) is 18.2. The lowest BCUT2D eigenvalue weighted by Crippen LogP contribution is -2.32. The van der Waals surface area contributed by atoms with E-state index in [1.165, 1.54) is 6.26 Å². The fourth-order valence-corrected chi connectivity index (χ4v) is 3.47. The molecule has 0 fully saturated rings. The smallest absolute Gasteiger partial charge is 0.283 e. The summed E-state index contributed by atoms with van der Waals surface area (Å²) in [6.07, 6.45) is 1.53. The minimum Gasteiger partial charge on any atom is -0.467 e. The van der Waals surface area contributed by atoms with E-state index in [1.54, 1.807) is 42.5 Å². The quantitative estimate of drug-likeness (QED) is 0.548. The van der Waals surface area contributed by atoms with Crippen molar-refractivity contribution in [1.29, 1.82) is 0 Å². The van der Waals surface area contributed by atoms with Gasteiger partial charge in [0.2, 0.25) is 0 Å². The Hall–Kier alpha value is -3.84. The summed E-state index contributed by atoms with van der Waals surface area (Å²) < 4.78 is 5.22. The third kappa shape index (κ3) is 4.15. The van der Waals surface area contributed by atoms with Crippen LogP contribution in [0, 0.1) is 13.8 Å². The average Bonchev–Trinajstić information content (AvgIpc) is 3.37. The zero-order valence-electron chi connectivity index (χ0n) is 17.4. The lowest BCUT2D eigenvalue weighted by molar-refractivity contribution is -0.120. The molecule has 1 aliphatic rings. The summed E-state index contributed by atoms with van der Waals surface area (Å²) in [5.74, 6) is -0.837. The van der Waals surface area contributed by atoms with E-state index in [-0.39, 0.29) is 23.2 Å². The van der Waals surface area contributed by atoms with E-state index >= 15 is 0 Å². The molecule has 0 bridgehead atoms. The van der Waals surface area contributed by atoms with Crippen molar-refractivity contribution >= 4 is 40.7 Å². The summed E-state index contributed by atoms with van der Waals surface area (Å²) in [4.78, 5) is 39.2. The molecule has 32 heavy (non-hydrogen) atoms. The van der Waals surface area contributed by atoms with Gasteiger partial charge in [-0.15, -0.1) is 0 Å². The highest BCUT2D eigenvalue weighted by Gasteiger charge is 2.39. The maximum absolute atomic E-state index is 13.0. The van der Waals surface area contributed by atoms with Crippen LogP contribution < -0.4 is 15.5 Å². The van der Waals surface area contributed by atoms with E-state index in [0.717, 1.165) is 16.0 Å². The van der Waals surface area contributed by atoms with Gasteiger partial charge in [-0.2, -0.15) is 0 Å².